The second-order valence-corrected chi connectivity index (χ2v) is 4.00. The summed E-state index contributed by atoms with van der Waals surface area (Å²) in [6.07, 6.45) is 0.395. The summed E-state index contributed by atoms with van der Waals surface area (Å²) in [5.41, 5.74) is 1.01. The van der Waals surface area contributed by atoms with Gasteiger partial charge in [0.25, 0.3) is 0 Å². The lowest BCUT2D eigenvalue weighted by molar-refractivity contribution is 0.0465. The van der Waals surface area contributed by atoms with Crippen molar-refractivity contribution in [1.29, 1.82) is 0 Å². The number of rotatable bonds is 4. The highest BCUT2D eigenvalue weighted by molar-refractivity contribution is 5.87. The smallest absolute Gasteiger partial charge is 0.456 e. The Bertz CT molecular complexity index is 610. The number of hydrogen-bond acceptors (Lipinski definition) is 6. The molecule has 0 aliphatic rings. The van der Waals surface area contributed by atoms with Gasteiger partial charge in [-0.05, 0) is 17.7 Å². The van der Waals surface area contributed by atoms with E-state index >= 15 is 0 Å². The molecule has 21 heavy (non-hydrogen) atoms. The van der Waals surface area contributed by atoms with Gasteiger partial charge >= 0.3 is 12.1 Å². The summed E-state index contributed by atoms with van der Waals surface area (Å²) in [6, 6.07) is 12.2. The van der Waals surface area contributed by atoms with Crippen LogP contribution in [-0.2, 0) is 16.1 Å². The van der Waals surface area contributed by atoms with Crippen LogP contribution in [0.5, 0.6) is 5.75 Å². The van der Waals surface area contributed by atoms with Crippen molar-refractivity contribution in [3.8, 4) is 5.75 Å². The minimum absolute atomic E-state index is 0.128. The zero-order chi connectivity index (χ0) is 15.1. The van der Waals surface area contributed by atoms with E-state index in [0.29, 0.717) is 0 Å². The second-order valence-electron chi connectivity index (χ2n) is 4.00. The lowest BCUT2D eigenvalue weighted by atomic mass is 10.2. The van der Waals surface area contributed by atoms with Crippen LogP contribution in [0.1, 0.15) is 16.1 Å². The summed E-state index contributed by atoms with van der Waals surface area (Å²) in [6.45, 7) is 0.168. The lowest BCUT2D eigenvalue weighted by Gasteiger charge is -2.05. The molecule has 0 amide bonds. The summed E-state index contributed by atoms with van der Waals surface area (Å²) in [5, 5.41) is 0. The zero-order valence-corrected chi connectivity index (χ0v) is 11.3. The number of carbonyl (C=O) groups is 2. The first-order valence-electron chi connectivity index (χ1n) is 6.12. The first-order valence-corrected chi connectivity index (χ1v) is 6.12. The first-order chi connectivity index (χ1) is 10.2. The van der Waals surface area contributed by atoms with Crippen LogP contribution >= 0.6 is 0 Å². The Morgan fingerprint density at radius 2 is 1.86 bits per heavy atom. The average Bonchev–Trinajstić information content (AvgIpc) is 2.54. The van der Waals surface area contributed by atoms with Crippen LogP contribution in [0.4, 0.5) is 4.79 Å². The molecule has 2 aromatic rings. The molecular formula is C15H13NO5. The molecule has 0 N–H and O–H groups in total. The third kappa shape index (κ3) is 4.31. The molecule has 1 aromatic carbocycles. The van der Waals surface area contributed by atoms with Crippen LogP contribution in [-0.4, -0.2) is 24.2 Å². The SMILES string of the molecule is COC(=O)Oc1ccc(C(=O)OCc2ccccc2)nc1. The molecule has 0 saturated heterocycles. The molecule has 0 aliphatic heterocycles. The highest BCUT2D eigenvalue weighted by Crippen LogP contribution is 2.11. The number of nitrogens with zero attached hydrogens (tertiary/aromatic N) is 1. The van der Waals surface area contributed by atoms with Crippen molar-refractivity contribution in [2.24, 2.45) is 0 Å². The Morgan fingerprint density at radius 1 is 1.10 bits per heavy atom. The summed E-state index contributed by atoms with van der Waals surface area (Å²) >= 11 is 0. The van der Waals surface area contributed by atoms with Gasteiger partial charge in [0, 0.05) is 0 Å². The van der Waals surface area contributed by atoms with Crippen molar-refractivity contribution >= 4 is 12.1 Å². The van der Waals surface area contributed by atoms with E-state index in [1.807, 2.05) is 30.3 Å². The third-order valence-electron chi connectivity index (χ3n) is 2.53. The Morgan fingerprint density at radius 3 is 2.48 bits per heavy atom. The van der Waals surface area contributed by atoms with Gasteiger partial charge in [0.2, 0.25) is 0 Å². The van der Waals surface area contributed by atoms with Gasteiger partial charge in [0.1, 0.15) is 12.3 Å². The van der Waals surface area contributed by atoms with Crippen LogP contribution in [0.3, 0.4) is 0 Å². The molecule has 0 unspecified atom stereocenters. The normalized spacial score (nSPS) is 9.76. The average molecular weight is 287 g/mol. The predicted octanol–water partition coefficient (Wildman–Crippen LogP) is 2.58. The molecule has 0 spiro atoms. The van der Waals surface area contributed by atoms with Crippen LogP contribution < -0.4 is 4.74 Å². The van der Waals surface area contributed by atoms with E-state index in [-0.39, 0.29) is 18.1 Å². The minimum Gasteiger partial charge on any atom is -0.456 e. The Hall–Kier alpha value is -2.89. The van der Waals surface area contributed by atoms with Gasteiger partial charge in [0.05, 0.1) is 13.3 Å². The van der Waals surface area contributed by atoms with Crippen LogP contribution in [0.2, 0.25) is 0 Å². The van der Waals surface area contributed by atoms with Crippen molar-refractivity contribution in [2.75, 3.05) is 7.11 Å². The van der Waals surface area contributed by atoms with Crippen LogP contribution in [0, 0.1) is 0 Å². The number of aromatic nitrogens is 1. The number of pyridine rings is 1. The molecule has 0 bridgehead atoms. The molecular weight excluding hydrogens is 274 g/mol. The van der Waals surface area contributed by atoms with Crippen molar-refractivity contribution in [3.63, 3.8) is 0 Å². The van der Waals surface area contributed by atoms with E-state index in [1.165, 1.54) is 25.4 Å². The maximum atomic E-state index is 11.8. The van der Waals surface area contributed by atoms with Crippen molar-refractivity contribution in [2.45, 2.75) is 6.61 Å². The van der Waals surface area contributed by atoms with Gasteiger partial charge in [-0.2, -0.15) is 0 Å². The standard InChI is InChI=1S/C15H13NO5/c1-19-15(18)21-12-7-8-13(16-9-12)14(17)20-10-11-5-3-2-4-6-11/h2-9H,10H2,1H3. The molecule has 0 aliphatic carbocycles. The highest BCUT2D eigenvalue weighted by Gasteiger charge is 2.10. The third-order valence-corrected chi connectivity index (χ3v) is 2.53. The van der Waals surface area contributed by atoms with E-state index in [1.54, 1.807) is 0 Å². The Balaban J connectivity index is 1.92. The molecule has 1 heterocycles. The maximum Gasteiger partial charge on any atom is 0.513 e. The molecule has 1 aromatic heterocycles. The highest BCUT2D eigenvalue weighted by atomic mass is 16.7. The zero-order valence-electron chi connectivity index (χ0n) is 11.3. The van der Waals surface area contributed by atoms with Gasteiger partial charge in [-0.15, -0.1) is 0 Å². The quantitative estimate of drug-likeness (QED) is 0.804. The van der Waals surface area contributed by atoms with E-state index in [9.17, 15) is 9.59 Å². The van der Waals surface area contributed by atoms with Gasteiger partial charge < -0.3 is 14.2 Å². The van der Waals surface area contributed by atoms with Crippen LogP contribution in [0.15, 0.2) is 48.7 Å². The number of ether oxygens (including phenoxy) is 3. The molecule has 6 nitrogen and oxygen atoms in total. The topological polar surface area (TPSA) is 74.7 Å². The van der Waals surface area contributed by atoms with Crippen molar-refractivity contribution < 1.29 is 23.8 Å². The summed E-state index contributed by atoms with van der Waals surface area (Å²) in [4.78, 5) is 26.6. The second kappa shape index (κ2) is 7.04. The predicted molar refractivity (Wildman–Crippen MR) is 72.8 cm³/mol. The summed E-state index contributed by atoms with van der Waals surface area (Å²) in [5.74, 6) is -0.370. The van der Waals surface area contributed by atoms with Gasteiger partial charge in [-0.3, -0.25) is 0 Å². The molecule has 6 heteroatoms. The maximum absolute atomic E-state index is 11.8. The fourth-order valence-corrected chi connectivity index (χ4v) is 1.50. The number of benzene rings is 1. The monoisotopic (exact) mass is 287 g/mol. The number of carbonyl (C=O) groups excluding carboxylic acids is 2. The molecule has 0 radical (unpaired) electrons. The molecule has 0 fully saturated rings. The Labute approximate surface area is 121 Å². The van der Waals surface area contributed by atoms with Crippen molar-refractivity contribution in [1.82, 2.24) is 4.98 Å². The summed E-state index contributed by atoms with van der Waals surface area (Å²) in [7, 11) is 1.20. The van der Waals surface area contributed by atoms with Crippen LogP contribution in [0.25, 0.3) is 0 Å². The van der Waals surface area contributed by atoms with Gasteiger partial charge in [-0.25, -0.2) is 14.6 Å². The lowest BCUT2D eigenvalue weighted by Crippen LogP contribution is -2.09. The van der Waals surface area contributed by atoms with E-state index in [4.69, 9.17) is 9.47 Å². The fraction of sp³-hybridized carbons (Fsp3) is 0.133. The van der Waals surface area contributed by atoms with Gasteiger partial charge in [0.15, 0.2) is 5.75 Å². The molecule has 0 saturated carbocycles. The Kier molecular flexibility index (Phi) is 4.87. The van der Waals surface area contributed by atoms with E-state index < -0.39 is 12.1 Å². The van der Waals surface area contributed by atoms with Crippen molar-refractivity contribution in [3.05, 3.63) is 59.9 Å². The molecule has 0 atom stereocenters. The largest absolute Gasteiger partial charge is 0.513 e. The number of esters is 1. The minimum atomic E-state index is -0.851. The number of methoxy groups -OCH3 is 1. The van der Waals surface area contributed by atoms with Gasteiger partial charge in [-0.1, -0.05) is 30.3 Å². The summed E-state index contributed by atoms with van der Waals surface area (Å²) < 4.78 is 14.2. The fourth-order valence-electron chi connectivity index (χ4n) is 1.50. The van der Waals surface area contributed by atoms with E-state index in [2.05, 4.69) is 9.72 Å². The molecule has 2 rings (SSSR count). The number of hydrogen-bond donors (Lipinski definition) is 0. The first kappa shape index (κ1) is 14.5. The van der Waals surface area contributed by atoms with E-state index in [0.717, 1.165) is 5.56 Å². The molecule has 108 valence electrons.